The van der Waals surface area contributed by atoms with Crippen LogP contribution in [-0.4, -0.2) is 43.0 Å². The third-order valence-corrected chi connectivity index (χ3v) is 4.18. The van der Waals surface area contributed by atoms with Crippen LogP contribution >= 0.6 is 0 Å². The van der Waals surface area contributed by atoms with Gasteiger partial charge in [-0.25, -0.2) is 4.79 Å². The fourth-order valence-corrected chi connectivity index (χ4v) is 3.04. The van der Waals surface area contributed by atoms with Gasteiger partial charge in [0.15, 0.2) is 0 Å². The number of carbonyl (C=O) groups is 1. The van der Waals surface area contributed by atoms with Crippen molar-refractivity contribution in [3.8, 4) is 5.75 Å². The molecular formula is C15H16F3NO3. The second-order valence-electron chi connectivity index (χ2n) is 5.65. The van der Waals surface area contributed by atoms with Crippen LogP contribution < -0.4 is 4.74 Å². The van der Waals surface area contributed by atoms with E-state index in [2.05, 4.69) is 9.64 Å². The zero-order chi connectivity index (χ0) is 15.7. The first-order chi connectivity index (χ1) is 10.4. The predicted molar refractivity (Wildman–Crippen MR) is 71.5 cm³/mol. The molecule has 0 aromatic heterocycles. The molecule has 3 saturated heterocycles. The summed E-state index contributed by atoms with van der Waals surface area (Å²) in [6.45, 7) is 2.83. The van der Waals surface area contributed by atoms with Crippen LogP contribution in [0.5, 0.6) is 5.75 Å². The summed E-state index contributed by atoms with van der Waals surface area (Å²) >= 11 is 0. The fourth-order valence-electron chi connectivity index (χ4n) is 3.04. The van der Waals surface area contributed by atoms with E-state index in [1.807, 2.05) is 0 Å². The number of fused-ring (bicyclic) bond motifs is 3. The highest BCUT2D eigenvalue weighted by molar-refractivity contribution is 5.89. The molecule has 22 heavy (non-hydrogen) atoms. The largest absolute Gasteiger partial charge is 0.573 e. The van der Waals surface area contributed by atoms with Crippen molar-refractivity contribution in [2.75, 3.05) is 19.6 Å². The molecule has 1 aromatic carbocycles. The molecule has 0 N–H and O–H groups in total. The van der Waals surface area contributed by atoms with Crippen LogP contribution in [0.1, 0.15) is 23.2 Å². The number of hydrogen-bond acceptors (Lipinski definition) is 4. The molecule has 4 rings (SSSR count). The number of carbonyl (C=O) groups excluding carboxylic acids is 1. The zero-order valence-electron chi connectivity index (χ0n) is 11.8. The Bertz CT molecular complexity index is 536. The number of hydrogen-bond donors (Lipinski definition) is 0. The van der Waals surface area contributed by atoms with Gasteiger partial charge in [0.1, 0.15) is 11.9 Å². The number of piperidine rings is 3. The Balaban J connectivity index is 1.60. The molecule has 3 aliphatic heterocycles. The normalized spacial score (nSPS) is 27.5. The smallest absolute Gasteiger partial charge is 0.457 e. The molecule has 0 unspecified atom stereocenters. The minimum atomic E-state index is -4.74. The first-order valence-electron chi connectivity index (χ1n) is 7.20. The monoisotopic (exact) mass is 315 g/mol. The van der Waals surface area contributed by atoms with Crippen molar-refractivity contribution in [1.29, 1.82) is 0 Å². The predicted octanol–water partition coefficient (Wildman–Crippen LogP) is 2.84. The molecule has 3 heterocycles. The van der Waals surface area contributed by atoms with E-state index < -0.39 is 12.3 Å². The minimum absolute atomic E-state index is 0.124. The van der Waals surface area contributed by atoms with Crippen molar-refractivity contribution in [3.05, 3.63) is 29.8 Å². The van der Waals surface area contributed by atoms with Crippen LogP contribution in [0.4, 0.5) is 13.2 Å². The van der Waals surface area contributed by atoms with Gasteiger partial charge in [-0.05, 0) is 56.1 Å². The van der Waals surface area contributed by atoms with Gasteiger partial charge in [-0.2, -0.15) is 0 Å². The summed E-state index contributed by atoms with van der Waals surface area (Å²) in [6, 6.07) is 4.79. The Morgan fingerprint density at radius 2 is 1.77 bits per heavy atom. The molecule has 1 atom stereocenters. The lowest BCUT2D eigenvalue weighted by atomic mass is 9.86. The highest BCUT2D eigenvalue weighted by Crippen LogP contribution is 2.30. The minimum Gasteiger partial charge on any atom is -0.457 e. The lowest BCUT2D eigenvalue weighted by molar-refractivity contribution is -0.274. The van der Waals surface area contributed by atoms with Gasteiger partial charge < -0.3 is 9.47 Å². The van der Waals surface area contributed by atoms with Gasteiger partial charge in [-0.15, -0.1) is 13.2 Å². The van der Waals surface area contributed by atoms with Crippen molar-refractivity contribution in [2.24, 2.45) is 5.92 Å². The average Bonchev–Trinajstić information content (AvgIpc) is 2.47. The summed E-state index contributed by atoms with van der Waals surface area (Å²) in [7, 11) is 0. The van der Waals surface area contributed by atoms with Gasteiger partial charge in [0, 0.05) is 6.54 Å². The maximum Gasteiger partial charge on any atom is 0.573 e. The van der Waals surface area contributed by atoms with Gasteiger partial charge in [0.25, 0.3) is 0 Å². The molecule has 0 spiro atoms. The van der Waals surface area contributed by atoms with Crippen molar-refractivity contribution in [3.63, 3.8) is 0 Å². The van der Waals surface area contributed by atoms with Crippen LogP contribution in [0.3, 0.4) is 0 Å². The average molecular weight is 315 g/mol. The second kappa shape index (κ2) is 5.79. The Labute approximate surface area is 125 Å². The second-order valence-corrected chi connectivity index (χ2v) is 5.65. The number of rotatable bonds is 3. The third kappa shape index (κ3) is 3.52. The number of esters is 1. The molecule has 3 fully saturated rings. The van der Waals surface area contributed by atoms with Crippen LogP contribution in [0, 0.1) is 5.92 Å². The standard InChI is InChI=1S/C15H16F3NO3/c16-15(17,18)22-12-3-1-11(2-4-12)14(20)21-13-9-19-7-5-10(13)6-8-19/h1-4,10,13H,5-9H2/t13-/m0/s1. The van der Waals surface area contributed by atoms with Crippen molar-refractivity contribution in [2.45, 2.75) is 25.3 Å². The quantitative estimate of drug-likeness (QED) is 0.804. The van der Waals surface area contributed by atoms with Crippen LogP contribution in [0.25, 0.3) is 0 Å². The number of nitrogens with zero attached hydrogens (tertiary/aromatic N) is 1. The molecule has 0 aliphatic carbocycles. The van der Waals surface area contributed by atoms with Crippen molar-refractivity contribution < 1.29 is 27.4 Å². The van der Waals surface area contributed by atoms with Crippen LogP contribution in [-0.2, 0) is 4.74 Å². The SMILES string of the molecule is O=C(O[C@H]1CN2CCC1CC2)c1ccc(OC(F)(F)F)cc1. The van der Waals surface area contributed by atoms with Crippen LogP contribution in [0.15, 0.2) is 24.3 Å². The molecule has 1 aromatic rings. The molecule has 4 nitrogen and oxygen atoms in total. The first kappa shape index (κ1) is 15.1. The Morgan fingerprint density at radius 1 is 1.14 bits per heavy atom. The number of halogens is 3. The summed E-state index contributed by atoms with van der Waals surface area (Å²) < 4.78 is 45.5. The maximum atomic E-state index is 12.1. The Morgan fingerprint density at radius 3 is 2.27 bits per heavy atom. The van der Waals surface area contributed by atoms with E-state index in [0.717, 1.165) is 44.6 Å². The summed E-state index contributed by atoms with van der Waals surface area (Å²) in [6.07, 6.45) is -2.81. The molecule has 0 amide bonds. The molecule has 7 heteroatoms. The van der Waals surface area contributed by atoms with E-state index in [-0.39, 0.29) is 17.4 Å². The van der Waals surface area contributed by atoms with E-state index in [1.54, 1.807) is 0 Å². The molecular weight excluding hydrogens is 299 g/mol. The summed E-state index contributed by atoms with van der Waals surface area (Å²) in [5, 5.41) is 0. The van der Waals surface area contributed by atoms with Gasteiger partial charge in [0.05, 0.1) is 5.56 Å². The lowest BCUT2D eigenvalue weighted by Crippen LogP contribution is -2.51. The molecule has 120 valence electrons. The van der Waals surface area contributed by atoms with E-state index in [1.165, 1.54) is 12.1 Å². The molecule has 3 aliphatic rings. The Hall–Kier alpha value is -1.76. The molecule has 0 radical (unpaired) electrons. The van der Waals surface area contributed by atoms with Crippen molar-refractivity contribution in [1.82, 2.24) is 4.90 Å². The number of alkyl halides is 3. The highest BCUT2D eigenvalue weighted by Gasteiger charge is 2.36. The third-order valence-electron chi connectivity index (χ3n) is 4.18. The van der Waals surface area contributed by atoms with Gasteiger partial charge in [-0.1, -0.05) is 0 Å². The number of benzene rings is 1. The zero-order valence-corrected chi connectivity index (χ0v) is 11.8. The van der Waals surface area contributed by atoms with Gasteiger partial charge in [-0.3, -0.25) is 4.90 Å². The van der Waals surface area contributed by atoms with Crippen LogP contribution in [0.2, 0.25) is 0 Å². The highest BCUT2D eigenvalue weighted by atomic mass is 19.4. The van der Waals surface area contributed by atoms with E-state index in [9.17, 15) is 18.0 Å². The summed E-state index contributed by atoms with van der Waals surface area (Å²) in [5.41, 5.74) is 0.228. The summed E-state index contributed by atoms with van der Waals surface area (Å²) in [4.78, 5) is 14.3. The lowest BCUT2D eigenvalue weighted by Gasteiger charge is -2.43. The maximum absolute atomic E-state index is 12.1. The first-order valence-corrected chi connectivity index (χ1v) is 7.20. The topological polar surface area (TPSA) is 38.8 Å². The van der Waals surface area contributed by atoms with E-state index in [0.29, 0.717) is 5.92 Å². The number of ether oxygens (including phenoxy) is 2. The van der Waals surface area contributed by atoms with Gasteiger partial charge in [0.2, 0.25) is 0 Å². The van der Waals surface area contributed by atoms with Gasteiger partial charge >= 0.3 is 12.3 Å². The van der Waals surface area contributed by atoms with Crippen molar-refractivity contribution >= 4 is 5.97 Å². The van der Waals surface area contributed by atoms with E-state index >= 15 is 0 Å². The Kier molecular flexibility index (Phi) is 3.99. The van der Waals surface area contributed by atoms with E-state index in [4.69, 9.17) is 4.74 Å². The molecule has 0 saturated carbocycles. The summed E-state index contributed by atoms with van der Waals surface area (Å²) in [5.74, 6) is -0.467. The molecule has 2 bridgehead atoms. The fraction of sp³-hybridized carbons (Fsp3) is 0.533.